The molecule has 1 amide bonds. The average molecular weight is 308 g/mol. The minimum atomic E-state index is 0.00414. The lowest BCUT2D eigenvalue weighted by Gasteiger charge is -2.18. The van der Waals surface area contributed by atoms with E-state index < -0.39 is 0 Å². The number of hydrogen-bond donors (Lipinski definition) is 2. The smallest absolute Gasteiger partial charge is 0.260 e. The van der Waals surface area contributed by atoms with Gasteiger partial charge in [-0.05, 0) is 38.0 Å². The van der Waals surface area contributed by atoms with E-state index in [4.69, 9.17) is 9.84 Å². The highest BCUT2D eigenvalue weighted by molar-refractivity contribution is 5.77. The molecule has 0 aromatic heterocycles. The SMILES string of the molecule is CCC(CO)NCc1ccc(OCC(=O)N(CC)CC)cc1. The molecule has 1 rings (SSSR count). The van der Waals surface area contributed by atoms with Gasteiger partial charge in [-0.1, -0.05) is 19.1 Å². The second-order valence-corrected chi connectivity index (χ2v) is 5.17. The number of carbonyl (C=O) groups is 1. The zero-order valence-corrected chi connectivity index (χ0v) is 13.8. The Morgan fingerprint density at radius 1 is 1.23 bits per heavy atom. The van der Waals surface area contributed by atoms with E-state index in [1.165, 1.54) is 0 Å². The van der Waals surface area contributed by atoms with Crippen LogP contribution in [0.15, 0.2) is 24.3 Å². The van der Waals surface area contributed by atoms with E-state index >= 15 is 0 Å². The highest BCUT2D eigenvalue weighted by atomic mass is 16.5. The van der Waals surface area contributed by atoms with E-state index in [0.717, 1.165) is 12.0 Å². The molecule has 0 heterocycles. The van der Waals surface area contributed by atoms with Crippen LogP contribution in [0.25, 0.3) is 0 Å². The molecule has 0 fully saturated rings. The summed E-state index contributed by atoms with van der Waals surface area (Å²) in [4.78, 5) is 13.6. The quantitative estimate of drug-likeness (QED) is 0.692. The molecule has 5 nitrogen and oxygen atoms in total. The summed E-state index contributed by atoms with van der Waals surface area (Å²) in [6.45, 7) is 8.28. The van der Waals surface area contributed by atoms with E-state index in [1.807, 2.05) is 45.0 Å². The summed E-state index contributed by atoms with van der Waals surface area (Å²) < 4.78 is 5.52. The first-order chi connectivity index (χ1) is 10.6. The standard InChI is InChI=1S/C17H28N2O3/c1-4-15(12-20)18-11-14-7-9-16(10-8-14)22-13-17(21)19(5-2)6-3/h7-10,15,18,20H,4-6,11-13H2,1-3H3. The Morgan fingerprint density at radius 3 is 2.36 bits per heavy atom. The number of amides is 1. The van der Waals surface area contributed by atoms with Crippen LogP contribution in [0.4, 0.5) is 0 Å². The molecule has 0 radical (unpaired) electrons. The Kier molecular flexibility index (Phi) is 8.55. The number of ether oxygens (including phenoxy) is 1. The fourth-order valence-corrected chi connectivity index (χ4v) is 2.12. The molecule has 1 aromatic rings. The molecule has 0 bridgehead atoms. The Hall–Kier alpha value is -1.59. The van der Waals surface area contributed by atoms with Gasteiger partial charge in [0, 0.05) is 25.7 Å². The van der Waals surface area contributed by atoms with Gasteiger partial charge in [-0.2, -0.15) is 0 Å². The number of carbonyl (C=O) groups excluding carboxylic acids is 1. The second kappa shape index (κ2) is 10.2. The molecule has 0 saturated carbocycles. The van der Waals surface area contributed by atoms with Crippen molar-refractivity contribution >= 4 is 5.91 Å². The molecule has 0 aliphatic carbocycles. The van der Waals surface area contributed by atoms with Crippen molar-refractivity contribution in [3.63, 3.8) is 0 Å². The highest BCUT2D eigenvalue weighted by Gasteiger charge is 2.10. The van der Waals surface area contributed by atoms with Crippen molar-refractivity contribution < 1.29 is 14.6 Å². The maximum absolute atomic E-state index is 11.9. The van der Waals surface area contributed by atoms with Crippen molar-refractivity contribution in [3.05, 3.63) is 29.8 Å². The van der Waals surface area contributed by atoms with Gasteiger partial charge < -0.3 is 20.1 Å². The van der Waals surface area contributed by atoms with Crippen LogP contribution in [-0.4, -0.2) is 48.3 Å². The van der Waals surface area contributed by atoms with Gasteiger partial charge in [-0.25, -0.2) is 0 Å². The molecule has 1 atom stereocenters. The van der Waals surface area contributed by atoms with Gasteiger partial charge in [0.25, 0.3) is 5.91 Å². The van der Waals surface area contributed by atoms with Gasteiger partial charge in [0.05, 0.1) is 6.61 Å². The molecule has 2 N–H and O–H groups in total. The summed E-state index contributed by atoms with van der Waals surface area (Å²) >= 11 is 0. The fourth-order valence-electron chi connectivity index (χ4n) is 2.12. The van der Waals surface area contributed by atoms with Crippen molar-refractivity contribution in [1.82, 2.24) is 10.2 Å². The van der Waals surface area contributed by atoms with Crippen molar-refractivity contribution in [2.75, 3.05) is 26.3 Å². The summed E-state index contributed by atoms with van der Waals surface area (Å²) in [5.74, 6) is 0.697. The van der Waals surface area contributed by atoms with Crippen LogP contribution in [0.5, 0.6) is 5.75 Å². The molecule has 0 aliphatic rings. The van der Waals surface area contributed by atoms with E-state index in [-0.39, 0.29) is 25.2 Å². The Bertz CT molecular complexity index is 426. The first kappa shape index (κ1) is 18.5. The highest BCUT2D eigenvalue weighted by Crippen LogP contribution is 2.12. The molecular weight excluding hydrogens is 280 g/mol. The zero-order chi connectivity index (χ0) is 16.4. The second-order valence-electron chi connectivity index (χ2n) is 5.17. The maximum Gasteiger partial charge on any atom is 0.260 e. The molecule has 0 saturated heterocycles. The Labute approximate surface area is 133 Å². The minimum Gasteiger partial charge on any atom is -0.484 e. The summed E-state index contributed by atoms with van der Waals surface area (Å²) in [6.07, 6.45) is 0.894. The summed E-state index contributed by atoms with van der Waals surface area (Å²) in [7, 11) is 0. The number of rotatable bonds is 10. The summed E-state index contributed by atoms with van der Waals surface area (Å²) in [5.41, 5.74) is 1.12. The van der Waals surface area contributed by atoms with Gasteiger partial charge >= 0.3 is 0 Å². The molecule has 0 aliphatic heterocycles. The van der Waals surface area contributed by atoms with Crippen LogP contribution in [0.1, 0.15) is 32.8 Å². The van der Waals surface area contributed by atoms with E-state index in [9.17, 15) is 4.79 Å². The van der Waals surface area contributed by atoms with Crippen molar-refractivity contribution in [1.29, 1.82) is 0 Å². The van der Waals surface area contributed by atoms with Gasteiger partial charge in [0.2, 0.25) is 0 Å². The predicted octanol–water partition coefficient (Wildman–Crippen LogP) is 1.79. The van der Waals surface area contributed by atoms with Crippen molar-refractivity contribution in [3.8, 4) is 5.75 Å². The topological polar surface area (TPSA) is 61.8 Å². The van der Waals surface area contributed by atoms with Crippen LogP contribution >= 0.6 is 0 Å². The lowest BCUT2D eigenvalue weighted by Crippen LogP contribution is -2.34. The first-order valence-corrected chi connectivity index (χ1v) is 7.98. The van der Waals surface area contributed by atoms with Crippen LogP contribution in [-0.2, 0) is 11.3 Å². The largest absolute Gasteiger partial charge is 0.484 e. The Balaban J connectivity index is 2.43. The zero-order valence-electron chi connectivity index (χ0n) is 13.8. The number of likely N-dealkylation sites (N-methyl/N-ethyl adjacent to an activating group) is 1. The van der Waals surface area contributed by atoms with Crippen molar-refractivity contribution in [2.45, 2.75) is 39.8 Å². The predicted molar refractivity (Wildman–Crippen MR) is 87.9 cm³/mol. The fraction of sp³-hybridized carbons (Fsp3) is 0.588. The molecule has 1 aromatic carbocycles. The number of aliphatic hydroxyl groups excluding tert-OH is 1. The first-order valence-electron chi connectivity index (χ1n) is 7.98. The monoisotopic (exact) mass is 308 g/mol. The summed E-state index contributed by atoms with van der Waals surface area (Å²) in [6, 6.07) is 7.80. The molecule has 5 heteroatoms. The Morgan fingerprint density at radius 2 is 1.86 bits per heavy atom. The van der Waals surface area contributed by atoms with Crippen LogP contribution in [0.2, 0.25) is 0 Å². The third kappa shape index (κ3) is 6.03. The molecular formula is C17H28N2O3. The van der Waals surface area contributed by atoms with Gasteiger partial charge in [-0.15, -0.1) is 0 Å². The third-order valence-corrected chi connectivity index (χ3v) is 3.71. The normalized spacial score (nSPS) is 12.0. The molecule has 22 heavy (non-hydrogen) atoms. The molecule has 124 valence electrons. The van der Waals surface area contributed by atoms with Gasteiger partial charge in [0.15, 0.2) is 6.61 Å². The lowest BCUT2D eigenvalue weighted by atomic mass is 10.2. The molecule has 1 unspecified atom stereocenters. The number of nitrogens with zero attached hydrogens (tertiary/aromatic N) is 1. The van der Waals surface area contributed by atoms with Crippen LogP contribution in [0, 0.1) is 0 Å². The summed E-state index contributed by atoms with van der Waals surface area (Å²) in [5, 5.41) is 12.4. The van der Waals surface area contributed by atoms with E-state index in [0.29, 0.717) is 25.4 Å². The van der Waals surface area contributed by atoms with Crippen LogP contribution < -0.4 is 10.1 Å². The van der Waals surface area contributed by atoms with Gasteiger partial charge in [0.1, 0.15) is 5.75 Å². The number of aliphatic hydroxyl groups is 1. The van der Waals surface area contributed by atoms with Crippen LogP contribution in [0.3, 0.4) is 0 Å². The van der Waals surface area contributed by atoms with E-state index in [1.54, 1.807) is 4.90 Å². The van der Waals surface area contributed by atoms with E-state index in [2.05, 4.69) is 5.32 Å². The van der Waals surface area contributed by atoms with Crippen molar-refractivity contribution in [2.24, 2.45) is 0 Å². The average Bonchev–Trinajstić information content (AvgIpc) is 2.56. The lowest BCUT2D eigenvalue weighted by molar-refractivity contribution is -0.132. The molecule has 0 spiro atoms. The number of benzene rings is 1. The minimum absolute atomic E-state index is 0.00414. The van der Waals surface area contributed by atoms with Gasteiger partial charge in [-0.3, -0.25) is 4.79 Å². The number of hydrogen-bond acceptors (Lipinski definition) is 4. The maximum atomic E-state index is 11.9. The number of nitrogens with one attached hydrogen (secondary N) is 1. The third-order valence-electron chi connectivity index (χ3n) is 3.71.